The van der Waals surface area contributed by atoms with Crippen molar-refractivity contribution in [1.29, 1.82) is 0 Å². The standard InChI is InChI=1S/C19H19F3N4O4/c1-12(13-2-4-14(5-3-13)19(20,21)22)25-30-17-7-6-16(23-24-17)29-15-8-10-26(11-9-15)18(27)28/h2-7,15H,8-11H2,1H3,(H,27,28)/b25-12-. The first-order valence-corrected chi connectivity index (χ1v) is 9.10. The van der Waals surface area contributed by atoms with Crippen molar-refractivity contribution in [3.05, 3.63) is 47.5 Å². The van der Waals surface area contributed by atoms with Gasteiger partial charge >= 0.3 is 12.3 Å². The molecule has 8 nitrogen and oxygen atoms in total. The molecule has 1 aliphatic rings. The molecule has 1 amide bonds. The number of benzene rings is 1. The molecule has 1 saturated heterocycles. The highest BCUT2D eigenvalue weighted by Crippen LogP contribution is 2.29. The number of hydrogen-bond acceptors (Lipinski definition) is 6. The average Bonchev–Trinajstić information content (AvgIpc) is 2.73. The summed E-state index contributed by atoms with van der Waals surface area (Å²) in [6.07, 6.45) is -4.37. The van der Waals surface area contributed by atoms with Gasteiger partial charge in [0, 0.05) is 38.1 Å². The van der Waals surface area contributed by atoms with Crippen molar-refractivity contribution in [2.45, 2.75) is 32.0 Å². The van der Waals surface area contributed by atoms with Crippen LogP contribution in [0.4, 0.5) is 18.0 Å². The number of piperidine rings is 1. The molecule has 1 aromatic carbocycles. The number of alkyl halides is 3. The van der Waals surface area contributed by atoms with E-state index in [1.165, 1.54) is 23.1 Å². The summed E-state index contributed by atoms with van der Waals surface area (Å²) in [5, 5.41) is 20.5. The minimum Gasteiger partial charge on any atom is -0.473 e. The van der Waals surface area contributed by atoms with E-state index < -0.39 is 17.8 Å². The van der Waals surface area contributed by atoms with Crippen LogP contribution in [0.3, 0.4) is 0 Å². The van der Waals surface area contributed by atoms with Crippen LogP contribution >= 0.6 is 0 Å². The number of carboxylic acid groups (broad SMARTS) is 1. The quantitative estimate of drug-likeness (QED) is 0.579. The Labute approximate surface area is 169 Å². The maximum absolute atomic E-state index is 12.6. The zero-order valence-corrected chi connectivity index (χ0v) is 16.0. The van der Waals surface area contributed by atoms with Crippen molar-refractivity contribution in [2.75, 3.05) is 13.1 Å². The minimum atomic E-state index is -4.40. The number of hydrogen-bond donors (Lipinski definition) is 1. The molecule has 11 heteroatoms. The second-order valence-electron chi connectivity index (χ2n) is 6.64. The zero-order chi connectivity index (χ0) is 21.7. The Morgan fingerprint density at radius 3 is 2.23 bits per heavy atom. The minimum absolute atomic E-state index is 0.0920. The van der Waals surface area contributed by atoms with Gasteiger partial charge in [0.2, 0.25) is 5.88 Å². The third-order valence-corrected chi connectivity index (χ3v) is 4.52. The van der Waals surface area contributed by atoms with Crippen molar-refractivity contribution in [3.8, 4) is 11.8 Å². The van der Waals surface area contributed by atoms with Crippen molar-refractivity contribution >= 4 is 11.8 Å². The maximum Gasteiger partial charge on any atom is 0.416 e. The van der Waals surface area contributed by atoms with Crippen LogP contribution in [0.15, 0.2) is 41.6 Å². The van der Waals surface area contributed by atoms with Gasteiger partial charge in [-0.1, -0.05) is 17.3 Å². The number of carbonyl (C=O) groups is 1. The van der Waals surface area contributed by atoms with Crippen LogP contribution in [0.5, 0.6) is 11.8 Å². The van der Waals surface area contributed by atoms with Gasteiger partial charge in [-0.25, -0.2) is 4.79 Å². The third-order valence-electron chi connectivity index (χ3n) is 4.52. The summed E-state index contributed by atoms with van der Waals surface area (Å²) >= 11 is 0. The van der Waals surface area contributed by atoms with Crippen LogP contribution in [0, 0.1) is 0 Å². The fourth-order valence-electron chi connectivity index (χ4n) is 2.82. The molecule has 2 aromatic rings. The molecule has 0 atom stereocenters. The maximum atomic E-state index is 12.6. The molecule has 0 aliphatic carbocycles. The summed E-state index contributed by atoms with van der Waals surface area (Å²) < 4.78 is 43.5. The third kappa shape index (κ3) is 5.58. The predicted octanol–water partition coefficient (Wildman–Crippen LogP) is 3.82. The van der Waals surface area contributed by atoms with E-state index in [0.717, 1.165) is 12.1 Å². The van der Waals surface area contributed by atoms with Gasteiger partial charge in [0.25, 0.3) is 5.88 Å². The summed E-state index contributed by atoms with van der Waals surface area (Å²) in [6, 6.07) is 7.61. The van der Waals surface area contributed by atoms with Crippen molar-refractivity contribution in [1.82, 2.24) is 15.1 Å². The number of aromatic nitrogens is 2. The monoisotopic (exact) mass is 424 g/mol. The zero-order valence-electron chi connectivity index (χ0n) is 16.0. The smallest absolute Gasteiger partial charge is 0.416 e. The van der Waals surface area contributed by atoms with E-state index in [4.69, 9.17) is 14.7 Å². The van der Waals surface area contributed by atoms with E-state index in [1.54, 1.807) is 13.0 Å². The van der Waals surface area contributed by atoms with Crippen LogP contribution in [0.1, 0.15) is 30.9 Å². The van der Waals surface area contributed by atoms with E-state index in [-0.39, 0.29) is 17.9 Å². The van der Waals surface area contributed by atoms with Crippen LogP contribution < -0.4 is 9.57 Å². The lowest BCUT2D eigenvalue weighted by Crippen LogP contribution is -2.41. The first-order chi connectivity index (χ1) is 14.2. The second kappa shape index (κ2) is 8.97. The highest BCUT2D eigenvalue weighted by Gasteiger charge is 2.30. The molecule has 30 heavy (non-hydrogen) atoms. The number of nitrogens with zero attached hydrogens (tertiary/aromatic N) is 4. The Balaban J connectivity index is 1.53. The normalized spacial score (nSPS) is 15.7. The molecule has 0 unspecified atom stereocenters. The van der Waals surface area contributed by atoms with Gasteiger partial charge in [0.1, 0.15) is 6.10 Å². The topological polar surface area (TPSA) is 97.1 Å². The molecular weight excluding hydrogens is 405 g/mol. The first kappa shape index (κ1) is 21.3. The Hall–Kier alpha value is -3.37. The van der Waals surface area contributed by atoms with Crippen molar-refractivity contribution in [2.24, 2.45) is 5.16 Å². The van der Waals surface area contributed by atoms with Gasteiger partial charge in [0.05, 0.1) is 11.3 Å². The lowest BCUT2D eigenvalue weighted by Gasteiger charge is -2.29. The summed E-state index contributed by atoms with van der Waals surface area (Å²) in [7, 11) is 0. The summed E-state index contributed by atoms with van der Waals surface area (Å²) in [5.41, 5.74) is 0.106. The largest absolute Gasteiger partial charge is 0.473 e. The van der Waals surface area contributed by atoms with Gasteiger partial charge in [-0.15, -0.1) is 10.2 Å². The van der Waals surface area contributed by atoms with Crippen LogP contribution in [-0.4, -0.2) is 51.2 Å². The number of ether oxygens (including phenoxy) is 1. The molecule has 0 radical (unpaired) electrons. The molecule has 1 fully saturated rings. The van der Waals surface area contributed by atoms with Crippen LogP contribution in [-0.2, 0) is 6.18 Å². The summed E-state index contributed by atoms with van der Waals surface area (Å²) in [5.74, 6) is 0.369. The van der Waals surface area contributed by atoms with E-state index in [9.17, 15) is 18.0 Å². The molecule has 1 aliphatic heterocycles. The Bertz CT molecular complexity index is 893. The molecule has 2 heterocycles. The fraction of sp³-hybridized carbons (Fsp3) is 0.368. The van der Waals surface area contributed by atoms with Gasteiger partial charge in [-0.05, 0) is 24.6 Å². The molecule has 160 valence electrons. The number of oxime groups is 1. The molecule has 1 N–H and O–H groups in total. The fourth-order valence-corrected chi connectivity index (χ4v) is 2.82. The SMILES string of the molecule is C/C(=N/Oc1ccc(OC2CCN(C(=O)O)CC2)nn1)c1ccc(C(F)(F)F)cc1. The molecule has 1 aromatic heterocycles. The average molecular weight is 424 g/mol. The lowest BCUT2D eigenvalue weighted by molar-refractivity contribution is -0.137. The van der Waals surface area contributed by atoms with E-state index in [1.807, 2.05) is 0 Å². The number of halogens is 3. The van der Waals surface area contributed by atoms with Crippen molar-refractivity contribution in [3.63, 3.8) is 0 Å². The van der Waals surface area contributed by atoms with Gasteiger partial charge in [0.15, 0.2) is 0 Å². The van der Waals surface area contributed by atoms with E-state index >= 15 is 0 Å². The van der Waals surface area contributed by atoms with Gasteiger partial charge in [-0.3, -0.25) is 0 Å². The lowest BCUT2D eigenvalue weighted by atomic mass is 10.1. The van der Waals surface area contributed by atoms with E-state index in [2.05, 4.69) is 15.4 Å². The number of amides is 1. The predicted molar refractivity (Wildman–Crippen MR) is 99.6 cm³/mol. The number of likely N-dealkylation sites (tertiary alicyclic amines) is 1. The highest BCUT2D eigenvalue weighted by atomic mass is 19.4. The summed E-state index contributed by atoms with van der Waals surface area (Å²) in [4.78, 5) is 17.4. The van der Waals surface area contributed by atoms with E-state index in [0.29, 0.717) is 37.2 Å². The Morgan fingerprint density at radius 1 is 1.10 bits per heavy atom. The molecular formula is C19H19F3N4O4. The highest BCUT2D eigenvalue weighted by molar-refractivity contribution is 5.98. The second-order valence-corrected chi connectivity index (χ2v) is 6.64. The molecule has 0 spiro atoms. The Kier molecular flexibility index (Phi) is 6.38. The number of rotatable bonds is 5. The Morgan fingerprint density at radius 2 is 1.70 bits per heavy atom. The van der Waals surface area contributed by atoms with Crippen LogP contribution in [0.2, 0.25) is 0 Å². The van der Waals surface area contributed by atoms with Crippen LogP contribution in [0.25, 0.3) is 0 Å². The molecule has 0 bridgehead atoms. The molecule has 0 saturated carbocycles. The summed E-state index contributed by atoms with van der Waals surface area (Å²) in [6.45, 7) is 2.39. The van der Waals surface area contributed by atoms with Crippen molar-refractivity contribution < 1.29 is 32.6 Å². The molecule has 3 rings (SSSR count). The first-order valence-electron chi connectivity index (χ1n) is 9.10. The van der Waals surface area contributed by atoms with Gasteiger partial charge in [-0.2, -0.15) is 13.2 Å². The van der Waals surface area contributed by atoms with Gasteiger partial charge < -0.3 is 19.6 Å².